The van der Waals surface area contributed by atoms with Crippen LogP contribution in [0.25, 0.3) is 0 Å². The number of rotatable bonds is 3. The minimum atomic E-state index is -0.00616. The zero-order valence-electron chi connectivity index (χ0n) is 9.25. The third-order valence-corrected chi connectivity index (χ3v) is 2.39. The fourth-order valence-electron chi connectivity index (χ4n) is 1.33. The van der Waals surface area contributed by atoms with E-state index in [0.717, 1.165) is 0 Å². The third-order valence-electron chi connectivity index (χ3n) is 2.16. The van der Waals surface area contributed by atoms with Crippen LogP contribution in [0.4, 0.5) is 0 Å². The first-order chi connectivity index (χ1) is 8.69. The van der Waals surface area contributed by atoms with Crippen molar-refractivity contribution < 1.29 is 9.94 Å². The Labute approximate surface area is 108 Å². The zero-order chi connectivity index (χ0) is 13.0. The molecule has 1 aromatic carbocycles. The summed E-state index contributed by atoms with van der Waals surface area (Å²) in [5.74, 6) is 0.890. The van der Waals surface area contributed by atoms with Crippen molar-refractivity contribution in [3.05, 3.63) is 53.2 Å². The molecule has 0 aliphatic carbocycles. The molecule has 0 bridgehead atoms. The molecule has 0 saturated carbocycles. The highest BCUT2D eigenvalue weighted by Crippen LogP contribution is 2.22. The van der Waals surface area contributed by atoms with Gasteiger partial charge in [0.25, 0.3) is 0 Å². The van der Waals surface area contributed by atoms with Gasteiger partial charge in [-0.05, 0) is 24.3 Å². The standard InChI is InChI=1S/C12H10ClN3O2/c13-9-2-1-3-10(7-9)18-11-6-8(4-5-15-11)12(14)16-17/h1-7,17H,(H2,14,16). The van der Waals surface area contributed by atoms with E-state index in [9.17, 15) is 0 Å². The molecule has 18 heavy (non-hydrogen) atoms. The van der Waals surface area contributed by atoms with Crippen LogP contribution in [0.2, 0.25) is 5.02 Å². The highest BCUT2D eigenvalue weighted by atomic mass is 35.5. The number of oxime groups is 1. The Morgan fingerprint density at radius 1 is 1.33 bits per heavy atom. The van der Waals surface area contributed by atoms with Gasteiger partial charge < -0.3 is 15.7 Å². The molecule has 2 rings (SSSR count). The molecule has 0 aliphatic rings. The molecule has 0 amide bonds. The fourth-order valence-corrected chi connectivity index (χ4v) is 1.51. The highest BCUT2D eigenvalue weighted by Gasteiger charge is 2.04. The van der Waals surface area contributed by atoms with Crippen molar-refractivity contribution in [2.75, 3.05) is 0 Å². The fraction of sp³-hybridized carbons (Fsp3) is 0. The topological polar surface area (TPSA) is 80.7 Å². The monoisotopic (exact) mass is 263 g/mol. The number of nitrogens with two attached hydrogens (primary N) is 1. The van der Waals surface area contributed by atoms with Gasteiger partial charge in [-0.15, -0.1) is 0 Å². The summed E-state index contributed by atoms with van der Waals surface area (Å²) in [5, 5.41) is 12.1. The van der Waals surface area contributed by atoms with Gasteiger partial charge in [0.1, 0.15) is 5.75 Å². The Kier molecular flexibility index (Phi) is 3.64. The minimum absolute atomic E-state index is 0.00616. The van der Waals surface area contributed by atoms with Crippen LogP contribution in [0.1, 0.15) is 5.56 Å². The van der Waals surface area contributed by atoms with Crippen LogP contribution >= 0.6 is 11.6 Å². The zero-order valence-corrected chi connectivity index (χ0v) is 10.0. The van der Waals surface area contributed by atoms with Crippen molar-refractivity contribution in [3.8, 4) is 11.6 Å². The van der Waals surface area contributed by atoms with Crippen LogP contribution < -0.4 is 10.5 Å². The maximum atomic E-state index is 8.59. The Morgan fingerprint density at radius 2 is 2.17 bits per heavy atom. The summed E-state index contributed by atoms with van der Waals surface area (Å²) in [6, 6.07) is 10.1. The van der Waals surface area contributed by atoms with Crippen molar-refractivity contribution in [2.24, 2.45) is 10.9 Å². The molecule has 0 aliphatic heterocycles. The number of ether oxygens (including phenoxy) is 1. The van der Waals surface area contributed by atoms with Crippen LogP contribution in [0.3, 0.4) is 0 Å². The van der Waals surface area contributed by atoms with Gasteiger partial charge in [0.05, 0.1) is 0 Å². The van der Waals surface area contributed by atoms with E-state index in [4.69, 9.17) is 27.3 Å². The van der Waals surface area contributed by atoms with Gasteiger partial charge >= 0.3 is 0 Å². The average molecular weight is 264 g/mol. The van der Waals surface area contributed by atoms with Crippen molar-refractivity contribution in [1.29, 1.82) is 0 Å². The predicted molar refractivity (Wildman–Crippen MR) is 68.3 cm³/mol. The Balaban J connectivity index is 2.24. The summed E-state index contributed by atoms with van der Waals surface area (Å²) in [7, 11) is 0. The lowest BCUT2D eigenvalue weighted by atomic mass is 10.2. The molecule has 6 heteroatoms. The number of amidine groups is 1. The van der Waals surface area contributed by atoms with Gasteiger partial charge in [0, 0.05) is 22.8 Å². The average Bonchev–Trinajstić information content (AvgIpc) is 2.38. The Hall–Kier alpha value is -2.27. The number of benzene rings is 1. The number of aromatic nitrogens is 1. The van der Waals surface area contributed by atoms with Crippen molar-refractivity contribution in [1.82, 2.24) is 4.98 Å². The second-order valence-corrected chi connectivity index (χ2v) is 3.86. The second-order valence-electron chi connectivity index (χ2n) is 3.43. The maximum absolute atomic E-state index is 8.59. The van der Waals surface area contributed by atoms with Crippen LogP contribution in [0.15, 0.2) is 47.8 Å². The van der Waals surface area contributed by atoms with E-state index in [-0.39, 0.29) is 5.84 Å². The van der Waals surface area contributed by atoms with Crippen molar-refractivity contribution in [2.45, 2.75) is 0 Å². The number of pyridine rings is 1. The molecule has 0 saturated heterocycles. The summed E-state index contributed by atoms with van der Waals surface area (Å²) < 4.78 is 5.51. The van der Waals surface area contributed by atoms with Crippen LogP contribution in [0, 0.1) is 0 Å². The van der Waals surface area contributed by atoms with Crippen LogP contribution in [-0.4, -0.2) is 16.0 Å². The van der Waals surface area contributed by atoms with E-state index in [1.165, 1.54) is 6.20 Å². The van der Waals surface area contributed by atoms with Gasteiger partial charge in [0.2, 0.25) is 5.88 Å². The molecule has 1 heterocycles. The van der Waals surface area contributed by atoms with Crippen molar-refractivity contribution in [3.63, 3.8) is 0 Å². The summed E-state index contributed by atoms with van der Waals surface area (Å²) in [6.07, 6.45) is 1.51. The summed E-state index contributed by atoms with van der Waals surface area (Å²) in [4.78, 5) is 4.02. The molecule has 0 atom stereocenters. The first kappa shape index (κ1) is 12.2. The normalized spacial score (nSPS) is 11.3. The van der Waals surface area contributed by atoms with Gasteiger partial charge in [-0.2, -0.15) is 0 Å². The highest BCUT2D eigenvalue weighted by molar-refractivity contribution is 6.30. The second kappa shape index (κ2) is 5.37. The van der Waals surface area contributed by atoms with Gasteiger partial charge in [-0.25, -0.2) is 4.98 Å². The number of hydrogen-bond acceptors (Lipinski definition) is 4. The molecular formula is C12H10ClN3O2. The first-order valence-corrected chi connectivity index (χ1v) is 5.44. The molecular weight excluding hydrogens is 254 g/mol. The Morgan fingerprint density at radius 3 is 2.89 bits per heavy atom. The molecule has 0 unspecified atom stereocenters. The number of halogens is 1. The smallest absolute Gasteiger partial charge is 0.219 e. The molecule has 0 spiro atoms. The lowest BCUT2D eigenvalue weighted by molar-refractivity contribution is 0.318. The maximum Gasteiger partial charge on any atom is 0.219 e. The van der Waals surface area contributed by atoms with Crippen LogP contribution in [-0.2, 0) is 0 Å². The molecule has 0 radical (unpaired) electrons. The number of nitrogens with zero attached hydrogens (tertiary/aromatic N) is 2. The molecule has 5 nitrogen and oxygen atoms in total. The number of hydrogen-bond donors (Lipinski definition) is 2. The van der Waals surface area contributed by atoms with Crippen molar-refractivity contribution >= 4 is 17.4 Å². The van der Waals surface area contributed by atoms with E-state index in [1.54, 1.807) is 36.4 Å². The van der Waals surface area contributed by atoms with Gasteiger partial charge in [0.15, 0.2) is 5.84 Å². The largest absolute Gasteiger partial charge is 0.439 e. The van der Waals surface area contributed by atoms with Gasteiger partial charge in [-0.3, -0.25) is 0 Å². The van der Waals surface area contributed by atoms with Gasteiger partial charge in [-0.1, -0.05) is 22.8 Å². The van der Waals surface area contributed by atoms with E-state index in [0.29, 0.717) is 22.2 Å². The predicted octanol–water partition coefficient (Wildman–Crippen LogP) is 2.62. The SMILES string of the molecule is N/C(=N\O)c1ccnc(Oc2cccc(Cl)c2)c1. The summed E-state index contributed by atoms with van der Waals surface area (Å²) >= 11 is 5.84. The molecule has 1 aromatic heterocycles. The van der Waals surface area contributed by atoms with E-state index in [1.807, 2.05) is 0 Å². The summed E-state index contributed by atoms with van der Waals surface area (Å²) in [6.45, 7) is 0. The molecule has 0 fully saturated rings. The van der Waals surface area contributed by atoms with E-state index in [2.05, 4.69) is 10.1 Å². The van der Waals surface area contributed by atoms with Crippen LogP contribution in [0.5, 0.6) is 11.6 Å². The van der Waals surface area contributed by atoms with E-state index < -0.39 is 0 Å². The molecule has 3 N–H and O–H groups in total. The lowest BCUT2D eigenvalue weighted by Crippen LogP contribution is -2.13. The third kappa shape index (κ3) is 2.89. The minimum Gasteiger partial charge on any atom is -0.439 e. The lowest BCUT2D eigenvalue weighted by Gasteiger charge is -2.06. The van der Waals surface area contributed by atoms with E-state index >= 15 is 0 Å². The molecule has 2 aromatic rings. The Bertz CT molecular complexity index is 587. The first-order valence-electron chi connectivity index (χ1n) is 5.06. The molecule has 92 valence electrons. The quantitative estimate of drug-likeness (QED) is 0.386. The summed E-state index contributed by atoms with van der Waals surface area (Å²) in [5.41, 5.74) is 5.99.